The molecule has 2 aliphatic rings. The minimum absolute atomic E-state index is 0.273. The van der Waals surface area contributed by atoms with Gasteiger partial charge in [-0.2, -0.15) is 0 Å². The van der Waals surface area contributed by atoms with E-state index in [9.17, 15) is 4.79 Å². The van der Waals surface area contributed by atoms with Crippen molar-refractivity contribution in [2.75, 3.05) is 20.2 Å². The van der Waals surface area contributed by atoms with Crippen molar-refractivity contribution in [2.45, 2.75) is 53.0 Å². The van der Waals surface area contributed by atoms with Crippen molar-refractivity contribution in [3.63, 3.8) is 0 Å². The number of benzene rings is 1. The highest BCUT2D eigenvalue weighted by atomic mass is 16.5. The normalized spacial score (nSPS) is 29.3. The Morgan fingerprint density at radius 1 is 1.30 bits per heavy atom. The van der Waals surface area contributed by atoms with Gasteiger partial charge in [0, 0.05) is 41.9 Å². The van der Waals surface area contributed by atoms with E-state index >= 15 is 0 Å². The molecule has 1 aromatic carbocycles. The molecule has 1 N–H and O–H groups in total. The monoisotopic (exact) mass is 369 g/mol. The number of hydrogen-bond acceptors (Lipinski definition) is 2. The van der Waals surface area contributed by atoms with Gasteiger partial charge in [-0.05, 0) is 37.0 Å². The van der Waals surface area contributed by atoms with Gasteiger partial charge in [0.2, 0.25) is 5.78 Å². The number of likely N-dealkylation sites (tertiary alicyclic amines) is 1. The largest absolute Gasteiger partial charge is 0.497 e. The molecule has 1 aliphatic carbocycles. The van der Waals surface area contributed by atoms with E-state index in [0.717, 1.165) is 34.5 Å². The van der Waals surface area contributed by atoms with Crippen LogP contribution in [0.1, 0.15) is 56.1 Å². The number of nitrogens with one attached hydrogen (secondary N) is 1. The van der Waals surface area contributed by atoms with Crippen LogP contribution in [-0.4, -0.2) is 36.6 Å². The Kier molecular flexibility index (Phi) is 4.19. The number of aryl methyl sites for hydroxylation is 1. The summed E-state index contributed by atoms with van der Waals surface area (Å²) in [5, 5.41) is 1.02. The molecule has 3 atom stereocenters. The number of fused-ring (bicyclic) bond motifs is 3. The van der Waals surface area contributed by atoms with Crippen molar-refractivity contribution < 1.29 is 14.4 Å². The third-order valence-corrected chi connectivity index (χ3v) is 7.04. The Bertz CT molecular complexity index is 911. The maximum atomic E-state index is 13.4. The lowest BCUT2D eigenvalue weighted by atomic mass is 9.65. The number of methoxy groups -OCH3 is 1. The van der Waals surface area contributed by atoms with E-state index in [1.54, 1.807) is 7.11 Å². The van der Waals surface area contributed by atoms with E-state index in [2.05, 4.69) is 38.3 Å². The van der Waals surface area contributed by atoms with Crippen molar-refractivity contribution in [1.82, 2.24) is 4.57 Å². The molecule has 2 bridgehead atoms. The number of aromatic nitrogens is 1. The van der Waals surface area contributed by atoms with Gasteiger partial charge < -0.3 is 14.2 Å². The molecule has 0 radical (unpaired) electrons. The van der Waals surface area contributed by atoms with Crippen LogP contribution in [0.15, 0.2) is 18.2 Å². The van der Waals surface area contributed by atoms with E-state index in [-0.39, 0.29) is 5.78 Å². The fourth-order valence-electron chi connectivity index (χ4n) is 6.28. The number of carbonyl (C=O) groups excluding carboxylic acids is 1. The molecular weight excluding hydrogens is 336 g/mol. The maximum Gasteiger partial charge on any atom is 0.219 e. The Hall–Kier alpha value is -1.81. The second kappa shape index (κ2) is 6.10. The van der Waals surface area contributed by atoms with Crippen LogP contribution in [0.2, 0.25) is 0 Å². The third kappa shape index (κ3) is 3.08. The fraction of sp³-hybridized carbons (Fsp3) is 0.609. The van der Waals surface area contributed by atoms with Crippen LogP contribution in [0.4, 0.5) is 0 Å². The minimum Gasteiger partial charge on any atom is -0.497 e. The average Bonchev–Trinajstić information content (AvgIpc) is 2.96. The molecule has 0 spiro atoms. The lowest BCUT2D eigenvalue weighted by Crippen LogP contribution is -3.14. The zero-order chi connectivity index (χ0) is 19.6. The fourth-order valence-corrected chi connectivity index (χ4v) is 6.28. The molecule has 2 heterocycles. The molecule has 146 valence electrons. The van der Waals surface area contributed by atoms with Gasteiger partial charge in [-0.3, -0.25) is 4.79 Å². The average molecular weight is 370 g/mol. The smallest absolute Gasteiger partial charge is 0.219 e. The van der Waals surface area contributed by atoms with Gasteiger partial charge in [0.1, 0.15) is 12.3 Å². The quantitative estimate of drug-likeness (QED) is 0.841. The van der Waals surface area contributed by atoms with Gasteiger partial charge in [-0.15, -0.1) is 0 Å². The highest BCUT2D eigenvalue weighted by molar-refractivity contribution is 6.10. The third-order valence-electron chi connectivity index (χ3n) is 7.04. The second-order valence-electron chi connectivity index (χ2n) is 10.1. The molecule has 4 heteroatoms. The van der Waals surface area contributed by atoms with Gasteiger partial charge in [-0.25, -0.2) is 0 Å². The molecule has 1 unspecified atom stereocenters. The van der Waals surface area contributed by atoms with Crippen LogP contribution in [-0.2, 0) is 7.05 Å². The number of nitrogens with zero attached hydrogens (tertiary/aromatic N) is 1. The number of ether oxygens (including phenoxy) is 1. The summed E-state index contributed by atoms with van der Waals surface area (Å²) in [6, 6.07) is 6.65. The van der Waals surface area contributed by atoms with Crippen molar-refractivity contribution >= 4 is 16.7 Å². The summed E-state index contributed by atoms with van der Waals surface area (Å²) in [5.74, 6) is 1.08. The molecule has 1 aliphatic heterocycles. The number of hydrogen-bond donors (Lipinski definition) is 1. The summed E-state index contributed by atoms with van der Waals surface area (Å²) in [6.45, 7) is 11.0. The maximum absolute atomic E-state index is 13.4. The predicted molar refractivity (Wildman–Crippen MR) is 109 cm³/mol. The number of carbonyl (C=O) groups is 1. The van der Waals surface area contributed by atoms with Crippen molar-refractivity contribution in [3.8, 4) is 5.75 Å². The lowest BCUT2D eigenvalue weighted by Gasteiger charge is -2.37. The molecule has 2 aromatic rings. The summed E-state index contributed by atoms with van der Waals surface area (Å²) in [7, 11) is 3.72. The minimum atomic E-state index is 0.273. The molecule has 4 rings (SSSR count). The number of Topliss-reactive ketones (excluding diaryl/α,β-unsaturated/α-hetero) is 1. The van der Waals surface area contributed by atoms with Crippen LogP contribution in [0.25, 0.3) is 10.9 Å². The van der Waals surface area contributed by atoms with Crippen molar-refractivity contribution in [3.05, 3.63) is 29.5 Å². The highest BCUT2D eigenvalue weighted by Gasteiger charge is 2.53. The Balaban J connectivity index is 1.65. The summed E-state index contributed by atoms with van der Waals surface area (Å²) >= 11 is 0. The standard InChI is InChI=1S/C23H32N2O2/c1-15-21(18-9-17(27-6)7-8-19(18)24(15)5)20(26)12-25-14-23(4)11-16(25)10-22(2,3)13-23/h7-9,16H,10-14H2,1-6H3/p+1/t16-,23-/m1/s1. The molecule has 1 saturated carbocycles. The van der Waals surface area contributed by atoms with Gasteiger partial charge in [-0.1, -0.05) is 20.8 Å². The van der Waals surface area contributed by atoms with Gasteiger partial charge in [0.25, 0.3) is 0 Å². The van der Waals surface area contributed by atoms with Crippen molar-refractivity contribution in [1.29, 1.82) is 0 Å². The molecule has 4 nitrogen and oxygen atoms in total. The summed E-state index contributed by atoms with van der Waals surface area (Å²) in [4.78, 5) is 14.9. The van der Waals surface area contributed by atoms with Gasteiger partial charge >= 0.3 is 0 Å². The number of ketones is 1. The first-order valence-corrected chi connectivity index (χ1v) is 10.1. The number of rotatable bonds is 4. The Labute approximate surface area is 162 Å². The van der Waals surface area contributed by atoms with Crippen molar-refractivity contribution in [2.24, 2.45) is 17.9 Å². The van der Waals surface area contributed by atoms with E-state index in [4.69, 9.17) is 4.74 Å². The van der Waals surface area contributed by atoms with Crippen LogP contribution in [0.5, 0.6) is 5.75 Å². The molecule has 1 saturated heterocycles. The first-order valence-electron chi connectivity index (χ1n) is 10.1. The molecule has 27 heavy (non-hydrogen) atoms. The molecule has 0 amide bonds. The Morgan fingerprint density at radius 2 is 2.04 bits per heavy atom. The van der Waals surface area contributed by atoms with Crippen LogP contribution >= 0.6 is 0 Å². The molecule has 2 fully saturated rings. The van der Waals surface area contributed by atoms with Crippen LogP contribution < -0.4 is 9.64 Å². The van der Waals surface area contributed by atoms with Crippen LogP contribution in [0.3, 0.4) is 0 Å². The lowest BCUT2D eigenvalue weighted by molar-refractivity contribution is -0.906. The summed E-state index contributed by atoms with van der Waals surface area (Å²) in [5.41, 5.74) is 3.81. The van der Waals surface area contributed by atoms with E-state index in [1.807, 2.05) is 19.2 Å². The van der Waals surface area contributed by atoms with E-state index < -0.39 is 0 Å². The Morgan fingerprint density at radius 3 is 2.74 bits per heavy atom. The second-order valence-corrected chi connectivity index (χ2v) is 10.1. The van der Waals surface area contributed by atoms with Gasteiger partial charge in [0.05, 0.1) is 25.3 Å². The van der Waals surface area contributed by atoms with Crippen LogP contribution in [0, 0.1) is 17.8 Å². The molecule has 1 aromatic heterocycles. The van der Waals surface area contributed by atoms with Gasteiger partial charge in [0.15, 0.2) is 0 Å². The first kappa shape index (κ1) is 18.5. The topological polar surface area (TPSA) is 35.7 Å². The highest BCUT2D eigenvalue weighted by Crippen LogP contribution is 2.47. The molecular formula is C23H33N2O2+. The zero-order valence-electron chi connectivity index (χ0n) is 17.6. The zero-order valence-corrected chi connectivity index (χ0v) is 17.6. The number of quaternary nitrogens is 1. The summed E-state index contributed by atoms with van der Waals surface area (Å²) in [6.07, 6.45) is 3.77. The SMILES string of the molecule is COc1ccc2c(c1)c(C(=O)C[NH+]1C[C@]3(C)C[C@H]1CC(C)(C)C3)c(C)n2C. The van der Waals surface area contributed by atoms with E-state index in [0.29, 0.717) is 23.4 Å². The predicted octanol–water partition coefficient (Wildman–Crippen LogP) is 3.16. The summed E-state index contributed by atoms with van der Waals surface area (Å²) < 4.78 is 7.54. The first-order chi connectivity index (χ1) is 12.6. The van der Waals surface area contributed by atoms with E-state index in [1.165, 1.54) is 24.2 Å².